The van der Waals surface area contributed by atoms with Crippen LogP contribution in [0.2, 0.25) is 0 Å². The molecule has 0 aromatic carbocycles. The van der Waals surface area contributed by atoms with Crippen LogP contribution in [-0.4, -0.2) is 29.8 Å². The number of rotatable bonds is 5. The van der Waals surface area contributed by atoms with Crippen molar-refractivity contribution in [1.29, 1.82) is 0 Å². The maximum Gasteiger partial charge on any atom is 0.0647 e. The normalized spacial score (nSPS) is 25.4. The number of hydrogen-bond acceptors (Lipinski definition) is 4. The monoisotopic (exact) mass is 204 g/mol. The van der Waals surface area contributed by atoms with E-state index in [4.69, 9.17) is 10.6 Å². The van der Waals surface area contributed by atoms with Gasteiger partial charge < -0.3 is 4.74 Å². The molecule has 0 aliphatic carbocycles. The molecule has 13 heavy (non-hydrogen) atoms. The van der Waals surface area contributed by atoms with Gasteiger partial charge in [0.25, 0.3) is 0 Å². The third kappa shape index (κ3) is 3.85. The third-order valence-corrected chi connectivity index (χ3v) is 3.75. The lowest BCUT2D eigenvalue weighted by Crippen LogP contribution is -2.45. The molecule has 1 aliphatic rings. The van der Waals surface area contributed by atoms with Crippen molar-refractivity contribution in [1.82, 2.24) is 5.43 Å². The van der Waals surface area contributed by atoms with E-state index >= 15 is 0 Å². The zero-order valence-electron chi connectivity index (χ0n) is 8.45. The summed E-state index contributed by atoms with van der Waals surface area (Å²) in [6.07, 6.45) is 2.87. The largest absolute Gasteiger partial charge is 0.377 e. The van der Waals surface area contributed by atoms with Crippen LogP contribution < -0.4 is 11.3 Å². The van der Waals surface area contributed by atoms with Gasteiger partial charge in [0.05, 0.1) is 18.8 Å². The van der Waals surface area contributed by atoms with E-state index in [0.29, 0.717) is 17.4 Å². The van der Waals surface area contributed by atoms with Crippen LogP contribution in [0.15, 0.2) is 0 Å². The zero-order chi connectivity index (χ0) is 9.68. The summed E-state index contributed by atoms with van der Waals surface area (Å²) in [4.78, 5) is 0. The van der Waals surface area contributed by atoms with Crippen LogP contribution in [0.1, 0.15) is 26.7 Å². The number of nitrogens with two attached hydrogens (primary N) is 1. The van der Waals surface area contributed by atoms with Gasteiger partial charge >= 0.3 is 0 Å². The van der Waals surface area contributed by atoms with Crippen LogP contribution in [0.4, 0.5) is 0 Å². The van der Waals surface area contributed by atoms with Gasteiger partial charge in [0.15, 0.2) is 0 Å². The van der Waals surface area contributed by atoms with Crippen LogP contribution in [0, 0.1) is 0 Å². The molecule has 78 valence electrons. The second-order valence-electron chi connectivity index (χ2n) is 3.71. The molecule has 1 fully saturated rings. The number of hydrazine groups is 1. The van der Waals surface area contributed by atoms with Crippen molar-refractivity contribution in [3.63, 3.8) is 0 Å². The van der Waals surface area contributed by atoms with Gasteiger partial charge in [-0.1, -0.05) is 0 Å². The molecular formula is C9H20N2OS. The van der Waals surface area contributed by atoms with Crippen molar-refractivity contribution < 1.29 is 4.74 Å². The number of ether oxygens (including phenoxy) is 1. The Morgan fingerprint density at radius 3 is 2.85 bits per heavy atom. The van der Waals surface area contributed by atoms with E-state index in [0.717, 1.165) is 6.61 Å². The highest BCUT2D eigenvalue weighted by atomic mass is 32.2. The first-order chi connectivity index (χ1) is 6.24. The van der Waals surface area contributed by atoms with Gasteiger partial charge in [0, 0.05) is 5.25 Å². The Labute approximate surface area is 84.7 Å². The molecular weight excluding hydrogens is 184 g/mol. The average Bonchev–Trinajstić information content (AvgIpc) is 2.58. The maximum absolute atomic E-state index is 5.55. The van der Waals surface area contributed by atoms with Crippen molar-refractivity contribution in [2.75, 3.05) is 12.4 Å². The minimum atomic E-state index is 0.294. The minimum Gasteiger partial charge on any atom is -0.377 e. The summed E-state index contributed by atoms with van der Waals surface area (Å²) in [7, 11) is 0. The molecule has 4 heteroatoms. The van der Waals surface area contributed by atoms with E-state index in [1.807, 2.05) is 11.8 Å². The van der Waals surface area contributed by atoms with Gasteiger partial charge in [-0.15, -0.1) is 0 Å². The van der Waals surface area contributed by atoms with E-state index in [9.17, 15) is 0 Å². The lowest BCUT2D eigenvalue weighted by atomic mass is 10.1. The van der Waals surface area contributed by atoms with Crippen LogP contribution in [0.25, 0.3) is 0 Å². The van der Waals surface area contributed by atoms with Gasteiger partial charge in [-0.3, -0.25) is 11.3 Å². The molecule has 0 saturated carbocycles. The van der Waals surface area contributed by atoms with Crippen molar-refractivity contribution in [3.05, 3.63) is 0 Å². The fourth-order valence-corrected chi connectivity index (χ4v) is 2.84. The maximum atomic E-state index is 5.55. The summed E-state index contributed by atoms with van der Waals surface area (Å²) < 4.78 is 5.55. The average molecular weight is 204 g/mol. The fraction of sp³-hybridized carbons (Fsp3) is 1.00. The number of hydrogen-bond donors (Lipinski definition) is 2. The molecule has 1 heterocycles. The van der Waals surface area contributed by atoms with Crippen molar-refractivity contribution >= 4 is 11.8 Å². The number of nitrogens with one attached hydrogen (secondary N) is 1. The fourth-order valence-electron chi connectivity index (χ4n) is 1.48. The van der Waals surface area contributed by atoms with Crippen LogP contribution >= 0.6 is 11.8 Å². The third-order valence-electron chi connectivity index (χ3n) is 2.24. The zero-order valence-corrected chi connectivity index (χ0v) is 9.27. The first-order valence-corrected chi connectivity index (χ1v) is 5.98. The van der Waals surface area contributed by atoms with Crippen molar-refractivity contribution in [3.8, 4) is 0 Å². The Kier molecular flexibility index (Phi) is 5.09. The van der Waals surface area contributed by atoms with Gasteiger partial charge in [0.1, 0.15) is 0 Å². The highest BCUT2D eigenvalue weighted by Crippen LogP contribution is 2.28. The Morgan fingerprint density at radius 2 is 2.38 bits per heavy atom. The Bertz CT molecular complexity index is 138. The quantitative estimate of drug-likeness (QED) is 0.521. The van der Waals surface area contributed by atoms with Crippen LogP contribution in [0.5, 0.6) is 0 Å². The topological polar surface area (TPSA) is 47.3 Å². The first-order valence-electron chi connectivity index (χ1n) is 4.93. The van der Waals surface area contributed by atoms with Crippen molar-refractivity contribution in [2.45, 2.75) is 44.1 Å². The molecule has 1 rings (SSSR count). The van der Waals surface area contributed by atoms with Gasteiger partial charge in [-0.25, -0.2) is 0 Å². The van der Waals surface area contributed by atoms with E-state index in [-0.39, 0.29) is 0 Å². The standard InChI is InChI=1S/C9H20N2OS/c1-7(2)12-6-8(11-10)9-4-3-5-13-9/h7-9,11H,3-6,10H2,1-2H3. The lowest BCUT2D eigenvalue weighted by molar-refractivity contribution is 0.0607. The molecule has 2 atom stereocenters. The molecule has 0 bridgehead atoms. The number of thioether (sulfide) groups is 1. The minimum absolute atomic E-state index is 0.294. The van der Waals surface area contributed by atoms with Crippen LogP contribution in [0.3, 0.4) is 0 Å². The molecule has 1 aliphatic heterocycles. The highest BCUT2D eigenvalue weighted by Gasteiger charge is 2.24. The lowest BCUT2D eigenvalue weighted by Gasteiger charge is -2.22. The van der Waals surface area contributed by atoms with Crippen LogP contribution in [-0.2, 0) is 4.74 Å². The van der Waals surface area contributed by atoms with Crippen molar-refractivity contribution in [2.24, 2.45) is 5.84 Å². The summed E-state index contributed by atoms with van der Waals surface area (Å²) in [5.74, 6) is 6.76. The molecule has 3 nitrogen and oxygen atoms in total. The summed E-state index contributed by atoms with van der Waals surface area (Å²) in [5, 5.41) is 0.642. The summed E-state index contributed by atoms with van der Waals surface area (Å²) in [6, 6.07) is 0.315. The summed E-state index contributed by atoms with van der Waals surface area (Å²) in [6.45, 7) is 4.83. The Hall–Kier alpha value is 0.230. The van der Waals surface area contributed by atoms with E-state index in [1.54, 1.807) is 0 Å². The molecule has 0 aromatic heterocycles. The SMILES string of the molecule is CC(C)OCC(NN)C1CCCS1. The van der Waals surface area contributed by atoms with E-state index < -0.39 is 0 Å². The molecule has 0 radical (unpaired) electrons. The predicted molar refractivity (Wildman–Crippen MR) is 57.7 cm³/mol. The second-order valence-corrected chi connectivity index (χ2v) is 5.05. The first kappa shape index (κ1) is 11.3. The highest BCUT2D eigenvalue weighted by molar-refractivity contribution is 8.00. The molecule has 0 amide bonds. The Morgan fingerprint density at radius 1 is 1.62 bits per heavy atom. The molecule has 0 spiro atoms. The van der Waals surface area contributed by atoms with Gasteiger partial charge in [-0.2, -0.15) is 11.8 Å². The summed E-state index contributed by atoms with van der Waals surface area (Å²) in [5.41, 5.74) is 2.85. The van der Waals surface area contributed by atoms with Gasteiger partial charge in [0.2, 0.25) is 0 Å². The predicted octanol–water partition coefficient (Wildman–Crippen LogP) is 1.14. The molecule has 0 aromatic rings. The molecule has 3 N–H and O–H groups in total. The summed E-state index contributed by atoms with van der Waals surface area (Å²) >= 11 is 2.00. The Balaban J connectivity index is 2.24. The molecule has 1 saturated heterocycles. The van der Waals surface area contributed by atoms with E-state index in [1.165, 1.54) is 18.6 Å². The molecule has 2 unspecified atom stereocenters. The van der Waals surface area contributed by atoms with E-state index in [2.05, 4.69) is 19.3 Å². The van der Waals surface area contributed by atoms with Gasteiger partial charge in [-0.05, 0) is 32.4 Å². The second kappa shape index (κ2) is 5.86. The smallest absolute Gasteiger partial charge is 0.0647 e.